The van der Waals surface area contributed by atoms with E-state index in [2.05, 4.69) is 16.4 Å². The van der Waals surface area contributed by atoms with Crippen LogP contribution in [0.5, 0.6) is 0 Å². The summed E-state index contributed by atoms with van der Waals surface area (Å²) >= 11 is 0. The smallest absolute Gasteiger partial charge is 0.262 e. The van der Waals surface area contributed by atoms with Crippen LogP contribution in [0.1, 0.15) is 22.9 Å². The van der Waals surface area contributed by atoms with Crippen molar-refractivity contribution in [3.8, 4) is 0 Å². The van der Waals surface area contributed by atoms with Crippen molar-refractivity contribution in [3.63, 3.8) is 0 Å². The second-order valence-corrected chi connectivity index (χ2v) is 7.05. The van der Waals surface area contributed by atoms with Gasteiger partial charge in [-0.05, 0) is 35.7 Å². The number of carbonyl (C=O) groups excluding carboxylic acids is 2. The molecule has 7 nitrogen and oxygen atoms in total. The van der Waals surface area contributed by atoms with Crippen molar-refractivity contribution in [3.05, 3.63) is 71.2 Å². The van der Waals surface area contributed by atoms with E-state index in [0.29, 0.717) is 6.54 Å². The van der Waals surface area contributed by atoms with Crippen molar-refractivity contribution in [1.29, 1.82) is 0 Å². The number of carbonyl (C=O) groups is 2. The van der Waals surface area contributed by atoms with Crippen LogP contribution in [0.3, 0.4) is 0 Å². The summed E-state index contributed by atoms with van der Waals surface area (Å²) in [7, 11) is 0. The molecule has 4 N–H and O–H groups in total. The zero-order valence-corrected chi connectivity index (χ0v) is 15.6. The first-order valence-corrected chi connectivity index (χ1v) is 9.35. The van der Waals surface area contributed by atoms with Gasteiger partial charge in [0.1, 0.15) is 5.82 Å². The highest BCUT2D eigenvalue weighted by atomic mass is 19.1. The van der Waals surface area contributed by atoms with Gasteiger partial charge in [-0.2, -0.15) is 0 Å². The fraction of sp³-hybridized carbons (Fsp3) is 0.238. The first-order chi connectivity index (χ1) is 14.1. The number of nitrogens with zero attached hydrogens (tertiary/aromatic N) is 1. The van der Waals surface area contributed by atoms with Crippen LogP contribution in [0.15, 0.2) is 48.5 Å². The third-order valence-corrected chi connectivity index (χ3v) is 5.24. The maximum Gasteiger partial charge on any atom is 0.262 e. The number of nitrogens with one attached hydrogen (secondary N) is 3. The number of amides is 2. The molecule has 29 heavy (non-hydrogen) atoms. The summed E-state index contributed by atoms with van der Waals surface area (Å²) in [5.41, 5.74) is 5.57. The summed E-state index contributed by atoms with van der Waals surface area (Å²) in [5, 5.41) is 12.2. The van der Waals surface area contributed by atoms with Gasteiger partial charge in [0.05, 0.1) is 19.1 Å². The Morgan fingerprint density at radius 3 is 2.66 bits per heavy atom. The molecule has 1 unspecified atom stereocenters. The van der Waals surface area contributed by atoms with Crippen LogP contribution < -0.4 is 10.8 Å². The van der Waals surface area contributed by atoms with Gasteiger partial charge in [-0.1, -0.05) is 30.3 Å². The van der Waals surface area contributed by atoms with Crippen molar-refractivity contribution in [2.24, 2.45) is 0 Å². The summed E-state index contributed by atoms with van der Waals surface area (Å²) < 4.78 is 13.5. The van der Waals surface area contributed by atoms with Crippen LogP contribution in [-0.2, 0) is 16.0 Å². The zero-order valence-electron chi connectivity index (χ0n) is 15.6. The van der Waals surface area contributed by atoms with Gasteiger partial charge in [-0.3, -0.25) is 19.7 Å². The van der Waals surface area contributed by atoms with E-state index >= 15 is 0 Å². The Bertz CT molecular complexity index is 1050. The number of rotatable bonds is 5. The van der Waals surface area contributed by atoms with Crippen LogP contribution in [0.4, 0.5) is 4.39 Å². The molecule has 0 spiro atoms. The van der Waals surface area contributed by atoms with Crippen molar-refractivity contribution in [2.75, 3.05) is 19.6 Å². The molecule has 1 atom stereocenters. The number of hydrogen-bond acceptors (Lipinski definition) is 4. The van der Waals surface area contributed by atoms with E-state index < -0.39 is 5.91 Å². The summed E-state index contributed by atoms with van der Waals surface area (Å²) in [4.78, 5) is 29.0. The lowest BCUT2D eigenvalue weighted by molar-refractivity contribution is -0.131. The molecule has 150 valence electrons. The topological polar surface area (TPSA) is 97.5 Å². The number of aromatic nitrogens is 1. The highest BCUT2D eigenvalue weighted by Gasteiger charge is 2.32. The molecule has 0 saturated heterocycles. The Morgan fingerprint density at radius 2 is 1.90 bits per heavy atom. The number of para-hydroxylation sites is 1. The highest BCUT2D eigenvalue weighted by Crippen LogP contribution is 2.38. The monoisotopic (exact) mass is 396 g/mol. The molecule has 1 aromatic heterocycles. The molecule has 1 aliphatic heterocycles. The lowest BCUT2D eigenvalue weighted by Crippen LogP contribution is -2.45. The number of halogens is 1. The van der Waals surface area contributed by atoms with Gasteiger partial charge in [-0.25, -0.2) is 9.87 Å². The van der Waals surface area contributed by atoms with Crippen LogP contribution in [0, 0.1) is 5.82 Å². The Balaban J connectivity index is 1.67. The standard InChI is InChI=1S/C21H21FN4O3/c22-14-7-5-13(6-8-14)21-20-16(15-3-1-2-4-17(15)24-20)9-10-26(21)12-19(28)23-11-18(27)25-29/h1-8,21,24,29H,9-12H2,(H,23,28)(H,25,27). The number of benzene rings is 2. The molecule has 3 aromatic rings. The Hall–Kier alpha value is -3.23. The zero-order chi connectivity index (χ0) is 20.4. The quantitative estimate of drug-likeness (QED) is 0.391. The molecule has 0 bridgehead atoms. The molecule has 2 amide bonds. The Morgan fingerprint density at radius 1 is 1.14 bits per heavy atom. The predicted molar refractivity (Wildman–Crippen MR) is 105 cm³/mol. The molecule has 0 saturated carbocycles. The Kier molecular flexibility index (Phi) is 5.28. The highest BCUT2D eigenvalue weighted by molar-refractivity contribution is 5.86. The first kappa shape index (κ1) is 19.1. The lowest BCUT2D eigenvalue weighted by atomic mass is 9.92. The number of hydroxylamine groups is 1. The summed E-state index contributed by atoms with van der Waals surface area (Å²) in [5.74, 6) is -1.34. The van der Waals surface area contributed by atoms with Gasteiger partial charge in [-0.15, -0.1) is 0 Å². The van der Waals surface area contributed by atoms with Crippen molar-refractivity contribution in [2.45, 2.75) is 12.5 Å². The van der Waals surface area contributed by atoms with Gasteiger partial charge in [0.15, 0.2) is 0 Å². The molecule has 2 heterocycles. The second-order valence-electron chi connectivity index (χ2n) is 7.05. The fourth-order valence-corrected chi connectivity index (χ4v) is 3.94. The SMILES string of the molecule is O=C(CNC(=O)CN1CCc2c([nH]c3ccccc23)C1c1ccc(F)cc1)NO. The van der Waals surface area contributed by atoms with E-state index in [1.54, 1.807) is 12.1 Å². The van der Waals surface area contributed by atoms with Gasteiger partial charge >= 0.3 is 0 Å². The normalized spacial score (nSPS) is 16.4. The maximum atomic E-state index is 13.5. The Labute approximate surface area is 166 Å². The maximum absolute atomic E-state index is 13.5. The van der Waals surface area contributed by atoms with E-state index in [-0.39, 0.29) is 30.9 Å². The van der Waals surface area contributed by atoms with Crippen molar-refractivity contribution < 1.29 is 19.2 Å². The number of H-pyrrole nitrogens is 1. The molecular weight excluding hydrogens is 375 g/mol. The molecule has 8 heteroatoms. The van der Waals surface area contributed by atoms with E-state index in [1.807, 2.05) is 23.1 Å². The van der Waals surface area contributed by atoms with Crippen LogP contribution in [0.25, 0.3) is 10.9 Å². The third-order valence-electron chi connectivity index (χ3n) is 5.24. The third kappa shape index (κ3) is 3.85. The van der Waals surface area contributed by atoms with Gasteiger partial charge in [0, 0.05) is 23.1 Å². The minimum atomic E-state index is -0.690. The molecule has 0 radical (unpaired) electrons. The fourth-order valence-electron chi connectivity index (χ4n) is 3.94. The van der Waals surface area contributed by atoms with Crippen molar-refractivity contribution in [1.82, 2.24) is 20.7 Å². The summed E-state index contributed by atoms with van der Waals surface area (Å²) in [6.07, 6.45) is 0.765. The van der Waals surface area contributed by atoms with Crippen LogP contribution in [-0.4, -0.2) is 46.5 Å². The number of hydrogen-bond donors (Lipinski definition) is 4. The molecule has 0 aliphatic carbocycles. The largest absolute Gasteiger partial charge is 0.357 e. The number of fused-ring (bicyclic) bond motifs is 3. The second kappa shape index (κ2) is 8.02. The minimum absolute atomic E-state index is 0.0650. The molecule has 0 fully saturated rings. The van der Waals surface area contributed by atoms with Crippen molar-refractivity contribution >= 4 is 22.7 Å². The average Bonchev–Trinajstić information content (AvgIpc) is 3.11. The minimum Gasteiger partial charge on any atom is -0.357 e. The number of aromatic amines is 1. The van der Waals surface area contributed by atoms with Crippen LogP contribution >= 0.6 is 0 Å². The van der Waals surface area contributed by atoms with E-state index in [0.717, 1.165) is 28.6 Å². The van der Waals surface area contributed by atoms with Gasteiger partial charge in [0.2, 0.25) is 5.91 Å². The molecule has 2 aromatic carbocycles. The van der Waals surface area contributed by atoms with E-state index in [4.69, 9.17) is 5.21 Å². The summed E-state index contributed by atoms with van der Waals surface area (Å²) in [6.45, 7) is 0.397. The average molecular weight is 396 g/mol. The van der Waals surface area contributed by atoms with Gasteiger partial charge < -0.3 is 10.3 Å². The first-order valence-electron chi connectivity index (χ1n) is 9.35. The molecular formula is C21H21FN4O3. The van der Waals surface area contributed by atoms with E-state index in [1.165, 1.54) is 23.2 Å². The van der Waals surface area contributed by atoms with E-state index in [9.17, 15) is 14.0 Å². The summed E-state index contributed by atoms with van der Waals surface area (Å²) in [6, 6.07) is 14.1. The lowest BCUT2D eigenvalue weighted by Gasteiger charge is -2.35. The molecule has 1 aliphatic rings. The predicted octanol–water partition coefficient (Wildman–Crippen LogP) is 1.88. The van der Waals surface area contributed by atoms with Crippen LogP contribution in [0.2, 0.25) is 0 Å². The van der Waals surface area contributed by atoms with Gasteiger partial charge in [0.25, 0.3) is 5.91 Å². The molecule has 4 rings (SSSR count).